The summed E-state index contributed by atoms with van der Waals surface area (Å²) in [5.74, 6) is 0.843. The smallest absolute Gasteiger partial charge is 0.354 e. The second-order valence-electron chi connectivity index (χ2n) is 3.69. The lowest BCUT2D eigenvalue weighted by molar-refractivity contribution is 0.0690. The summed E-state index contributed by atoms with van der Waals surface area (Å²) < 4.78 is 0. The quantitative estimate of drug-likeness (QED) is 0.698. The molecule has 0 aliphatic heterocycles. The Morgan fingerprint density at radius 3 is 2.94 bits per heavy atom. The summed E-state index contributed by atoms with van der Waals surface area (Å²) in [4.78, 5) is 14.7. The standard InChI is InChI=1S/C12H18N2O2S/c1-17-9-4-2-3-8-13-11-7-5-6-10(14-11)12(15)16/h5-7H,2-4,8-9H2,1H3,(H,13,14)(H,15,16). The van der Waals surface area contributed by atoms with Crippen LogP contribution in [-0.4, -0.2) is 34.6 Å². The fourth-order valence-electron chi connectivity index (χ4n) is 1.42. The number of hydrogen-bond acceptors (Lipinski definition) is 4. The maximum Gasteiger partial charge on any atom is 0.354 e. The molecule has 1 aromatic heterocycles. The number of hydrogen-bond donors (Lipinski definition) is 2. The van der Waals surface area contributed by atoms with Gasteiger partial charge in [0.25, 0.3) is 0 Å². The summed E-state index contributed by atoms with van der Waals surface area (Å²) >= 11 is 1.86. The first-order valence-electron chi connectivity index (χ1n) is 5.67. The lowest BCUT2D eigenvalue weighted by Gasteiger charge is -2.05. The van der Waals surface area contributed by atoms with Crippen LogP contribution in [0.15, 0.2) is 18.2 Å². The molecule has 0 atom stereocenters. The molecule has 4 nitrogen and oxygen atoms in total. The van der Waals surface area contributed by atoms with Crippen molar-refractivity contribution < 1.29 is 9.90 Å². The Kier molecular flexibility index (Phi) is 6.47. The van der Waals surface area contributed by atoms with E-state index in [1.165, 1.54) is 24.7 Å². The third-order valence-corrected chi connectivity index (χ3v) is 3.00. The van der Waals surface area contributed by atoms with Gasteiger partial charge in [-0.15, -0.1) is 0 Å². The number of aromatic carboxylic acids is 1. The molecule has 1 rings (SSSR count). The number of nitrogens with zero attached hydrogens (tertiary/aromatic N) is 1. The van der Waals surface area contributed by atoms with E-state index in [4.69, 9.17) is 5.11 Å². The molecule has 17 heavy (non-hydrogen) atoms. The zero-order valence-electron chi connectivity index (χ0n) is 9.98. The van der Waals surface area contributed by atoms with Crippen LogP contribution in [0.25, 0.3) is 0 Å². The lowest BCUT2D eigenvalue weighted by atomic mass is 10.2. The predicted octanol–water partition coefficient (Wildman–Crippen LogP) is 2.73. The highest BCUT2D eigenvalue weighted by molar-refractivity contribution is 7.98. The average Bonchev–Trinajstić information content (AvgIpc) is 2.34. The number of unbranched alkanes of at least 4 members (excludes halogenated alkanes) is 2. The molecule has 0 amide bonds. The van der Waals surface area contributed by atoms with Gasteiger partial charge in [0, 0.05) is 6.54 Å². The molecule has 1 aromatic rings. The monoisotopic (exact) mass is 254 g/mol. The lowest BCUT2D eigenvalue weighted by Crippen LogP contribution is -2.06. The molecule has 94 valence electrons. The molecular formula is C12H18N2O2S. The van der Waals surface area contributed by atoms with E-state index in [1.807, 2.05) is 11.8 Å². The van der Waals surface area contributed by atoms with Gasteiger partial charge in [0.05, 0.1) is 0 Å². The Labute approximate surface area is 106 Å². The van der Waals surface area contributed by atoms with E-state index in [1.54, 1.807) is 12.1 Å². The zero-order chi connectivity index (χ0) is 12.5. The SMILES string of the molecule is CSCCCCCNc1cccc(C(=O)O)n1. The van der Waals surface area contributed by atoms with E-state index < -0.39 is 5.97 Å². The van der Waals surface area contributed by atoms with Crippen molar-refractivity contribution in [3.8, 4) is 0 Å². The Bertz CT molecular complexity index is 358. The molecule has 1 heterocycles. The Hall–Kier alpha value is -1.23. The molecule has 0 radical (unpaired) electrons. The van der Waals surface area contributed by atoms with Crippen LogP contribution in [0, 0.1) is 0 Å². The maximum atomic E-state index is 10.7. The average molecular weight is 254 g/mol. The molecule has 0 aliphatic rings. The van der Waals surface area contributed by atoms with Crippen molar-refractivity contribution in [2.75, 3.05) is 23.9 Å². The van der Waals surface area contributed by atoms with E-state index in [0.29, 0.717) is 5.82 Å². The fraction of sp³-hybridized carbons (Fsp3) is 0.500. The highest BCUT2D eigenvalue weighted by atomic mass is 32.2. The summed E-state index contributed by atoms with van der Waals surface area (Å²) in [6.45, 7) is 0.838. The number of carboxylic acids is 1. The Morgan fingerprint density at radius 2 is 2.24 bits per heavy atom. The zero-order valence-corrected chi connectivity index (χ0v) is 10.8. The number of carboxylic acid groups (broad SMARTS) is 1. The van der Waals surface area contributed by atoms with Crippen LogP contribution in [0.5, 0.6) is 0 Å². The molecule has 0 saturated carbocycles. The number of thioether (sulfide) groups is 1. The van der Waals surface area contributed by atoms with Gasteiger partial charge in [-0.1, -0.05) is 12.5 Å². The summed E-state index contributed by atoms with van der Waals surface area (Å²) in [7, 11) is 0. The van der Waals surface area contributed by atoms with Crippen LogP contribution in [-0.2, 0) is 0 Å². The normalized spacial score (nSPS) is 10.2. The van der Waals surface area contributed by atoms with Gasteiger partial charge in [-0.05, 0) is 37.0 Å². The molecule has 0 unspecified atom stereocenters. The molecule has 0 bridgehead atoms. The van der Waals surface area contributed by atoms with Crippen molar-refractivity contribution in [1.29, 1.82) is 0 Å². The van der Waals surface area contributed by atoms with Gasteiger partial charge >= 0.3 is 5.97 Å². The fourth-order valence-corrected chi connectivity index (χ4v) is 1.91. The van der Waals surface area contributed by atoms with Crippen molar-refractivity contribution in [3.05, 3.63) is 23.9 Å². The maximum absolute atomic E-state index is 10.7. The van der Waals surface area contributed by atoms with Crippen molar-refractivity contribution in [2.24, 2.45) is 0 Å². The minimum Gasteiger partial charge on any atom is -0.477 e. The van der Waals surface area contributed by atoms with Gasteiger partial charge in [-0.25, -0.2) is 9.78 Å². The van der Waals surface area contributed by atoms with Crippen molar-refractivity contribution in [3.63, 3.8) is 0 Å². The topological polar surface area (TPSA) is 62.2 Å². The van der Waals surface area contributed by atoms with Crippen molar-refractivity contribution >= 4 is 23.5 Å². The molecule has 2 N–H and O–H groups in total. The Morgan fingerprint density at radius 1 is 1.41 bits per heavy atom. The highest BCUT2D eigenvalue weighted by Gasteiger charge is 2.04. The summed E-state index contributed by atoms with van der Waals surface area (Å²) in [5, 5.41) is 11.9. The third kappa shape index (κ3) is 5.58. The minimum atomic E-state index is -0.992. The highest BCUT2D eigenvalue weighted by Crippen LogP contribution is 2.06. The molecular weight excluding hydrogens is 236 g/mol. The van der Waals surface area contributed by atoms with Crippen LogP contribution < -0.4 is 5.32 Å². The molecule has 0 aromatic carbocycles. The number of nitrogens with one attached hydrogen (secondary N) is 1. The van der Waals surface area contributed by atoms with Crippen LogP contribution in [0.1, 0.15) is 29.8 Å². The number of rotatable bonds is 8. The first-order chi connectivity index (χ1) is 8.24. The van der Waals surface area contributed by atoms with Gasteiger partial charge in [0.2, 0.25) is 0 Å². The predicted molar refractivity (Wildman–Crippen MR) is 71.9 cm³/mol. The summed E-state index contributed by atoms with van der Waals surface area (Å²) in [6, 6.07) is 4.98. The summed E-state index contributed by atoms with van der Waals surface area (Å²) in [5.41, 5.74) is 0.0809. The molecule has 0 fully saturated rings. The van der Waals surface area contributed by atoms with Gasteiger partial charge in [-0.2, -0.15) is 11.8 Å². The van der Waals surface area contributed by atoms with Crippen molar-refractivity contribution in [1.82, 2.24) is 4.98 Å². The molecule has 5 heteroatoms. The van der Waals surface area contributed by atoms with Gasteiger partial charge < -0.3 is 10.4 Å². The van der Waals surface area contributed by atoms with Crippen LogP contribution in [0.4, 0.5) is 5.82 Å². The first-order valence-corrected chi connectivity index (χ1v) is 7.06. The number of pyridine rings is 1. The van der Waals surface area contributed by atoms with E-state index in [9.17, 15) is 4.79 Å². The first kappa shape index (κ1) is 13.8. The molecule has 0 saturated heterocycles. The van der Waals surface area contributed by atoms with Crippen LogP contribution in [0.2, 0.25) is 0 Å². The molecule has 0 spiro atoms. The van der Waals surface area contributed by atoms with Crippen LogP contribution >= 0.6 is 11.8 Å². The van der Waals surface area contributed by atoms with Gasteiger partial charge in [0.15, 0.2) is 5.69 Å². The number of carbonyl (C=O) groups is 1. The third-order valence-electron chi connectivity index (χ3n) is 2.30. The van der Waals surface area contributed by atoms with Crippen LogP contribution in [0.3, 0.4) is 0 Å². The minimum absolute atomic E-state index is 0.0809. The molecule has 0 aliphatic carbocycles. The number of aromatic nitrogens is 1. The van der Waals surface area contributed by atoms with Crippen molar-refractivity contribution in [2.45, 2.75) is 19.3 Å². The van der Waals surface area contributed by atoms with Gasteiger partial charge in [-0.3, -0.25) is 0 Å². The van der Waals surface area contributed by atoms with Gasteiger partial charge in [0.1, 0.15) is 5.82 Å². The Balaban J connectivity index is 2.27. The van der Waals surface area contributed by atoms with E-state index >= 15 is 0 Å². The summed E-state index contributed by atoms with van der Waals surface area (Å²) in [6.07, 6.45) is 5.61. The van der Waals surface area contributed by atoms with E-state index in [-0.39, 0.29) is 5.69 Å². The second kappa shape index (κ2) is 7.95. The number of anilines is 1. The van der Waals surface area contributed by atoms with E-state index in [2.05, 4.69) is 16.6 Å². The second-order valence-corrected chi connectivity index (χ2v) is 4.68. The largest absolute Gasteiger partial charge is 0.477 e. The van der Waals surface area contributed by atoms with E-state index in [0.717, 1.165) is 13.0 Å².